The van der Waals surface area contributed by atoms with Gasteiger partial charge in [0.15, 0.2) is 11.5 Å². The molecule has 1 spiro atoms. The molecule has 14 atom stereocenters. The van der Waals surface area contributed by atoms with Gasteiger partial charge in [-0.15, -0.1) is 5.92 Å². The minimum Gasteiger partial charge on any atom is -0.504 e. The van der Waals surface area contributed by atoms with E-state index >= 15 is 4.79 Å². The number of aromatic hydroxyl groups is 1. The molecule has 1 aromatic carbocycles. The number of phenols is 1. The summed E-state index contributed by atoms with van der Waals surface area (Å²) in [6.07, 6.45) is 13.0. The third-order valence-electron chi connectivity index (χ3n) is 20.3. The highest BCUT2D eigenvalue weighted by Crippen LogP contribution is 2.65. The van der Waals surface area contributed by atoms with E-state index in [1.807, 2.05) is 6.92 Å². The topological polar surface area (TPSA) is 216 Å². The maximum atomic E-state index is 15.8. The SMILES string of the molecule is CC(=O)OC1CC(OC(=O)C23CCCCC2CCC(=O)N3)C2(CCNCC2)C2c3ccc(O)c4c3C(CC2C#CCC2CC(C)(O)CSSCC(NCCCC(C)CCCO)C(O)CCC21)C(C1(CO)CCCC1)CO4. The number of ether oxygens (including phenoxy) is 3. The van der Waals surface area contributed by atoms with Crippen molar-refractivity contribution in [2.24, 2.45) is 46.3 Å². The molecule has 8 N–H and O–H groups in total. The number of rotatable bonds is 13. The number of carbonyl (C=O) groups excluding carboxylic acids is 3. The van der Waals surface area contributed by atoms with Crippen LogP contribution in [-0.2, 0) is 23.9 Å². The third kappa shape index (κ3) is 12.4. The van der Waals surface area contributed by atoms with Crippen LogP contribution in [0.5, 0.6) is 11.5 Å². The second kappa shape index (κ2) is 25.4. The number of fused-ring (bicyclic) bond motifs is 5. The number of benzene rings is 1. The van der Waals surface area contributed by atoms with Gasteiger partial charge in [0.05, 0.1) is 18.3 Å². The molecule has 76 heavy (non-hydrogen) atoms. The number of piperidine rings is 2. The minimum atomic E-state index is -1.19. The smallest absolute Gasteiger partial charge is 0.332 e. The zero-order valence-corrected chi connectivity index (χ0v) is 47.4. The monoisotopic (exact) mass is 1090 g/mol. The average Bonchev–Trinajstić information content (AvgIpc) is 4.03. The van der Waals surface area contributed by atoms with E-state index in [4.69, 9.17) is 14.2 Å². The van der Waals surface area contributed by atoms with Crippen LogP contribution < -0.4 is 20.7 Å². The molecule has 4 heterocycles. The Balaban J connectivity index is 1.17. The standard InChI is InChI=1S/C60H91N3O11S2/c1-38(12-10-30-64)11-9-27-62-47-35-75-76-37-57(3,71)33-41-14-8-13-40-31-45-46(58(36-65)22-6-7-23-58)34-72-55-49(68)20-18-44(53(45)55)54(40)59(25-28-61-29-26-59)51(32-50(73-39(2)66)43(41)17-19-48(47)67)74-56(70)60-24-5-4-15-42(60)16-21-52(69)63-60/h18,20,38,40-43,45-48,50-51,54,61-62,64-65,67-68,71H,4-7,9-12,14-17,19,21-37H2,1-3H3,(H,63,69). The van der Waals surface area contributed by atoms with Gasteiger partial charge >= 0.3 is 11.9 Å². The summed E-state index contributed by atoms with van der Waals surface area (Å²) >= 11 is 0. The summed E-state index contributed by atoms with van der Waals surface area (Å²) in [6.45, 7) is 8.19. The molecule has 3 saturated heterocycles. The number of carbonyl (C=O) groups is 3. The minimum absolute atomic E-state index is 0.0106. The molecule has 5 fully saturated rings. The summed E-state index contributed by atoms with van der Waals surface area (Å²) in [5, 5.41) is 67.6. The second-order valence-electron chi connectivity index (χ2n) is 25.3. The Hall–Kier alpha value is -2.75. The maximum Gasteiger partial charge on any atom is 0.332 e. The molecule has 1 amide bonds. The quantitative estimate of drug-likeness (QED) is 0.0406. The molecule has 0 radical (unpaired) electrons. The van der Waals surface area contributed by atoms with Crippen molar-refractivity contribution in [3.05, 3.63) is 23.3 Å². The zero-order chi connectivity index (χ0) is 53.7. The Morgan fingerprint density at radius 1 is 0.974 bits per heavy atom. The Morgan fingerprint density at radius 2 is 1.75 bits per heavy atom. The van der Waals surface area contributed by atoms with Gasteiger partial charge in [0.25, 0.3) is 0 Å². The van der Waals surface area contributed by atoms with Crippen molar-refractivity contribution >= 4 is 39.4 Å². The molecule has 8 aliphatic rings. The summed E-state index contributed by atoms with van der Waals surface area (Å²) in [4.78, 5) is 43.0. The first-order valence-corrected chi connectivity index (χ1v) is 32.1. The molecule has 424 valence electrons. The Kier molecular flexibility index (Phi) is 19.3. The van der Waals surface area contributed by atoms with Crippen molar-refractivity contribution in [2.75, 3.05) is 51.0 Å². The van der Waals surface area contributed by atoms with Crippen LogP contribution in [0.2, 0.25) is 0 Å². The lowest BCUT2D eigenvalue weighted by molar-refractivity contribution is -0.183. The first kappa shape index (κ1) is 57.9. The van der Waals surface area contributed by atoms with E-state index in [0.29, 0.717) is 107 Å². The highest BCUT2D eigenvalue weighted by molar-refractivity contribution is 8.76. The molecule has 1 aromatic rings. The van der Waals surface area contributed by atoms with E-state index in [1.54, 1.807) is 27.7 Å². The zero-order valence-electron chi connectivity index (χ0n) is 45.8. The lowest BCUT2D eigenvalue weighted by atomic mass is 9.51. The molecular formula is C60H91N3O11S2. The van der Waals surface area contributed by atoms with E-state index in [9.17, 15) is 35.1 Å². The number of amides is 1. The van der Waals surface area contributed by atoms with Crippen molar-refractivity contribution < 1.29 is 54.1 Å². The van der Waals surface area contributed by atoms with Crippen LogP contribution in [-0.4, -0.2) is 130 Å². The van der Waals surface area contributed by atoms with Gasteiger partial charge in [-0.3, -0.25) is 9.59 Å². The molecule has 4 aliphatic heterocycles. The lowest BCUT2D eigenvalue weighted by Gasteiger charge is -2.56. The molecule has 9 rings (SSSR count). The van der Waals surface area contributed by atoms with E-state index in [1.165, 1.54) is 6.92 Å². The van der Waals surface area contributed by atoms with Crippen LogP contribution in [0.25, 0.3) is 0 Å². The van der Waals surface area contributed by atoms with Crippen LogP contribution in [0, 0.1) is 58.2 Å². The number of aliphatic hydroxyl groups is 4. The highest BCUT2D eigenvalue weighted by Gasteiger charge is 2.60. The predicted octanol–water partition coefficient (Wildman–Crippen LogP) is 8.05. The van der Waals surface area contributed by atoms with Crippen molar-refractivity contribution in [3.63, 3.8) is 0 Å². The second-order valence-corrected chi connectivity index (χ2v) is 27.8. The summed E-state index contributed by atoms with van der Waals surface area (Å²) in [7, 11) is 3.28. The van der Waals surface area contributed by atoms with Gasteiger partial charge in [0.2, 0.25) is 5.91 Å². The number of hydrogen-bond donors (Lipinski definition) is 8. The van der Waals surface area contributed by atoms with E-state index in [0.717, 1.165) is 88.3 Å². The molecule has 0 bridgehead atoms. The Labute approximate surface area is 460 Å². The van der Waals surface area contributed by atoms with Gasteiger partial charge in [-0.25, -0.2) is 4.79 Å². The Bertz CT molecular complexity index is 2230. The molecule has 2 saturated carbocycles. The first-order chi connectivity index (χ1) is 36.6. The summed E-state index contributed by atoms with van der Waals surface area (Å²) < 4.78 is 20.7. The van der Waals surface area contributed by atoms with E-state index in [-0.39, 0.29) is 78.3 Å². The fraction of sp³-hybridized carbons (Fsp3) is 0.817. The van der Waals surface area contributed by atoms with Crippen LogP contribution >= 0.6 is 21.6 Å². The van der Waals surface area contributed by atoms with Gasteiger partial charge in [0.1, 0.15) is 17.7 Å². The third-order valence-corrected chi connectivity index (χ3v) is 22.9. The number of nitrogens with one attached hydrogen (secondary N) is 3. The van der Waals surface area contributed by atoms with Crippen LogP contribution in [0.3, 0.4) is 0 Å². The maximum absolute atomic E-state index is 15.8. The van der Waals surface area contributed by atoms with E-state index in [2.05, 4.69) is 40.8 Å². The van der Waals surface area contributed by atoms with Crippen LogP contribution in [0.15, 0.2) is 12.1 Å². The average molecular weight is 1090 g/mol. The summed E-state index contributed by atoms with van der Waals surface area (Å²) in [5.74, 6) is 7.46. The van der Waals surface area contributed by atoms with Gasteiger partial charge in [-0.05, 0) is 158 Å². The van der Waals surface area contributed by atoms with Gasteiger partial charge in [0, 0.05) is 97.0 Å². The molecule has 4 aliphatic carbocycles. The summed E-state index contributed by atoms with van der Waals surface area (Å²) in [6, 6.07) is 3.57. The molecule has 16 heteroatoms. The van der Waals surface area contributed by atoms with Gasteiger partial charge in [-0.2, -0.15) is 0 Å². The Morgan fingerprint density at radius 3 is 2.51 bits per heavy atom. The van der Waals surface area contributed by atoms with Gasteiger partial charge < -0.3 is 55.7 Å². The number of hydrogen-bond acceptors (Lipinski definition) is 15. The molecule has 0 aromatic heterocycles. The first-order valence-electron chi connectivity index (χ1n) is 29.6. The van der Waals surface area contributed by atoms with Gasteiger partial charge in [-0.1, -0.05) is 66.2 Å². The summed E-state index contributed by atoms with van der Waals surface area (Å²) in [5.41, 5.74) is -1.42. The van der Waals surface area contributed by atoms with Crippen molar-refractivity contribution in [1.82, 2.24) is 16.0 Å². The van der Waals surface area contributed by atoms with Crippen molar-refractivity contribution in [3.8, 4) is 23.3 Å². The predicted molar refractivity (Wildman–Crippen MR) is 297 cm³/mol. The fourth-order valence-corrected chi connectivity index (χ4v) is 19.1. The van der Waals surface area contributed by atoms with E-state index < -0.39 is 52.7 Å². The molecule has 14 unspecified atom stereocenters. The van der Waals surface area contributed by atoms with Crippen LogP contribution in [0.4, 0.5) is 0 Å². The molecular weight excluding hydrogens is 1000 g/mol. The number of aliphatic hydroxyl groups excluding tert-OH is 3. The van der Waals surface area contributed by atoms with Crippen molar-refractivity contribution in [2.45, 2.75) is 209 Å². The normalized spacial score (nSPS) is 36.7. The molecule has 14 nitrogen and oxygen atoms in total. The van der Waals surface area contributed by atoms with Crippen LogP contribution in [0.1, 0.15) is 185 Å². The van der Waals surface area contributed by atoms with Crippen molar-refractivity contribution in [1.29, 1.82) is 0 Å². The number of esters is 2. The lowest BCUT2D eigenvalue weighted by Crippen LogP contribution is -2.65. The number of phenolic OH excluding ortho intramolecular Hbond substituents is 1. The largest absolute Gasteiger partial charge is 0.504 e. The fourth-order valence-electron chi connectivity index (χ4n) is 16.3. The highest BCUT2D eigenvalue weighted by atomic mass is 33.1.